The minimum Gasteiger partial charge on any atom is -0.370 e. The minimum absolute atomic E-state index is 0.128. The van der Waals surface area contributed by atoms with Crippen LogP contribution in [0.3, 0.4) is 0 Å². The molecule has 1 fully saturated rings. The Morgan fingerprint density at radius 1 is 1.40 bits per heavy atom. The molecule has 2 rings (SSSR count). The van der Waals surface area contributed by atoms with Crippen molar-refractivity contribution < 1.29 is 4.79 Å². The zero-order valence-electron chi connectivity index (χ0n) is 12.4. The summed E-state index contributed by atoms with van der Waals surface area (Å²) < 4.78 is 0. The average Bonchev–Trinajstić information content (AvgIpc) is 2.41. The quantitative estimate of drug-likeness (QED) is 0.764. The van der Waals surface area contributed by atoms with Crippen LogP contribution in [0.15, 0.2) is 6.33 Å². The summed E-state index contributed by atoms with van der Waals surface area (Å²) in [6.07, 6.45) is 2.98. The predicted octanol–water partition coefficient (Wildman–Crippen LogP) is 1.72. The zero-order valence-corrected chi connectivity index (χ0v) is 12.4. The van der Waals surface area contributed by atoms with Crippen LogP contribution in [0.5, 0.6) is 0 Å². The van der Waals surface area contributed by atoms with E-state index in [2.05, 4.69) is 46.7 Å². The highest BCUT2D eigenvalue weighted by atomic mass is 16.1. The second-order valence-corrected chi connectivity index (χ2v) is 5.35. The monoisotopic (exact) mass is 277 g/mol. The van der Waals surface area contributed by atoms with E-state index < -0.39 is 0 Å². The van der Waals surface area contributed by atoms with E-state index in [-0.39, 0.29) is 11.9 Å². The molecule has 0 saturated carbocycles. The van der Waals surface area contributed by atoms with Gasteiger partial charge in [-0.2, -0.15) is 0 Å². The normalized spacial score (nSPS) is 18.8. The molecule has 6 nitrogen and oxygen atoms in total. The molecule has 1 unspecified atom stereocenters. The van der Waals surface area contributed by atoms with Crippen LogP contribution in [0.1, 0.15) is 45.1 Å². The van der Waals surface area contributed by atoms with Crippen molar-refractivity contribution in [2.24, 2.45) is 0 Å². The molecule has 3 N–H and O–H groups in total. The molecule has 0 bridgehead atoms. The Hall–Kier alpha value is -1.85. The first-order chi connectivity index (χ1) is 9.61. The number of piperidine rings is 1. The SMILES string of the molecule is CCNc1ncnc(NC2CCC(=O)NC2)c1C(C)C. The van der Waals surface area contributed by atoms with Crippen LogP contribution in [0, 0.1) is 0 Å². The van der Waals surface area contributed by atoms with E-state index in [0.29, 0.717) is 18.9 Å². The Balaban J connectivity index is 2.17. The summed E-state index contributed by atoms with van der Waals surface area (Å²) in [5.41, 5.74) is 1.10. The fourth-order valence-corrected chi connectivity index (χ4v) is 2.42. The number of hydrogen-bond acceptors (Lipinski definition) is 5. The zero-order chi connectivity index (χ0) is 14.5. The van der Waals surface area contributed by atoms with Crippen molar-refractivity contribution in [2.75, 3.05) is 23.7 Å². The van der Waals surface area contributed by atoms with Crippen LogP contribution in [0.25, 0.3) is 0 Å². The Labute approximate surface area is 119 Å². The third-order valence-electron chi connectivity index (χ3n) is 3.41. The Kier molecular flexibility index (Phi) is 4.76. The van der Waals surface area contributed by atoms with E-state index in [0.717, 1.165) is 30.2 Å². The second kappa shape index (κ2) is 6.54. The molecule has 20 heavy (non-hydrogen) atoms. The van der Waals surface area contributed by atoms with Gasteiger partial charge in [-0.1, -0.05) is 13.8 Å². The molecule has 0 aliphatic carbocycles. The van der Waals surface area contributed by atoms with Crippen molar-refractivity contribution >= 4 is 17.5 Å². The molecule has 1 aliphatic rings. The number of rotatable bonds is 5. The van der Waals surface area contributed by atoms with Gasteiger partial charge in [0.2, 0.25) is 5.91 Å². The highest BCUT2D eigenvalue weighted by molar-refractivity contribution is 5.77. The van der Waals surface area contributed by atoms with Gasteiger partial charge in [-0.25, -0.2) is 9.97 Å². The summed E-state index contributed by atoms with van der Waals surface area (Å²) in [7, 11) is 0. The van der Waals surface area contributed by atoms with E-state index in [1.807, 2.05) is 0 Å². The summed E-state index contributed by atoms with van der Waals surface area (Å²) in [6, 6.07) is 0.231. The maximum Gasteiger partial charge on any atom is 0.220 e. The maximum atomic E-state index is 11.2. The summed E-state index contributed by atoms with van der Waals surface area (Å²) in [6.45, 7) is 7.79. The van der Waals surface area contributed by atoms with E-state index in [4.69, 9.17) is 0 Å². The van der Waals surface area contributed by atoms with Crippen molar-refractivity contribution in [2.45, 2.75) is 45.6 Å². The lowest BCUT2D eigenvalue weighted by Gasteiger charge is -2.26. The molecule has 110 valence electrons. The molecule has 2 heterocycles. The number of hydrogen-bond donors (Lipinski definition) is 3. The average molecular weight is 277 g/mol. The first-order valence-electron chi connectivity index (χ1n) is 7.23. The molecule has 1 amide bonds. The molecular formula is C14H23N5O. The van der Waals surface area contributed by atoms with Crippen LogP contribution >= 0.6 is 0 Å². The Morgan fingerprint density at radius 2 is 2.15 bits per heavy atom. The van der Waals surface area contributed by atoms with Crippen molar-refractivity contribution in [3.05, 3.63) is 11.9 Å². The number of carbonyl (C=O) groups excluding carboxylic acids is 1. The largest absolute Gasteiger partial charge is 0.370 e. The molecular weight excluding hydrogens is 254 g/mol. The maximum absolute atomic E-state index is 11.2. The fourth-order valence-electron chi connectivity index (χ4n) is 2.42. The van der Waals surface area contributed by atoms with Crippen molar-refractivity contribution in [1.29, 1.82) is 0 Å². The van der Waals surface area contributed by atoms with Gasteiger partial charge < -0.3 is 16.0 Å². The van der Waals surface area contributed by atoms with Gasteiger partial charge in [0, 0.05) is 31.1 Å². The number of carbonyl (C=O) groups is 1. The number of aromatic nitrogens is 2. The Morgan fingerprint density at radius 3 is 2.75 bits per heavy atom. The van der Waals surface area contributed by atoms with Crippen molar-refractivity contribution in [3.63, 3.8) is 0 Å². The fraction of sp³-hybridized carbons (Fsp3) is 0.643. The van der Waals surface area contributed by atoms with Crippen molar-refractivity contribution in [1.82, 2.24) is 15.3 Å². The van der Waals surface area contributed by atoms with Gasteiger partial charge in [-0.05, 0) is 19.3 Å². The van der Waals surface area contributed by atoms with E-state index >= 15 is 0 Å². The van der Waals surface area contributed by atoms with E-state index in [1.54, 1.807) is 6.33 Å². The molecule has 0 radical (unpaired) electrons. The molecule has 0 aromatic carbocycles. The van der Waals surface area contributed by atoms with E-state index in [1.165, 1.54) is 0 Å². The topological polar surface area (TPSA) is 78.9 Å². The Bertz CT molecular complexity index is 465. The number of nitrogens with one attached hydrogen (secondary N) is 3. The van der Waals surface area contributed by atoms with Gasteiger partial charge in [-0.15, -0.1) is 0 Å². The lowest BCUT2D eigenvalue weighted by atomic mass is 10.0. The summed E-state index contributed by atoms with van der Waals surface area (Å²) in [4.78, 5) is 19.9. The number of amides is 1. The minimum atomic E-state index is 0.128. The number of nitrogens with zero attached hydrogens (tertiary/aromatic N) is 2. The van der Waals surface area contributed by atoms with Gasteiger partial charge in [0.1, 0.15) is 18.0 Å². The van der Waals surface area contributed by atoms with Crippen LogP contribution in [-0.4, -0.2) is 35.0 Å². The smallest absolute Gasteiger partial charge is 0.220 e. The molecule has 6 heteroatoms. The standard InChI is InChI=1S/C14H23N5O/c1-4-15-13-12(9(2)3)14(18-8-17-13)19-10-5-6-11(20)16-7-10/h8-10H,4-7H2,1-3H3,(H,16,20)(H2,15,17,18,19). The lowest BCUT2D eigenvalue weighted by Crippen LogP contribution is -2.42. The van der Waals surface area contributed by atoms with E-state index in [9.17, 15) is 4.79 Å². The van der Waals surface area contributed by atoms with Gasteiger partial charge in [0.05, 0.1) is 0 Å². The molecule has 1 aromatic heterocycles. The summed E-state index contributed by atoms with van der Waals surface area (Å²) >= 11 is 0. The number of anilines is 2. The lowest BCUT2D eigenvalue weighted by molar-refractivity contribution is -0.122. The van der Waals surface area contributed by atoms with Crippen LogP contribution in [-0.2, 0) is 4.79 Å². The first kappa shape index (κ1) is 14.6. The highest BCUT2D eigenvalue weighted by Crippen LogP contribution is 2.29. The molecule has 1 aromatic rings. The highest BCUT2D eigenvalue weighted by Gasteiger charge is 2.21. The predicted molar refractivity (Wildman–Crippen MR) is 79.9 cm³/mol. The van der Waals surface area contributed by atoms with Crippen LogP contribution in [0.2, 0.25) is 0 Å². The third kappa shape index (κ3) is 3.37. The second-order valence-electron chi connectivity index (χ2n) is 5.35. The molecule has 0 spiro atoms. The molecule has 1 aliphatic heterocycles. The van der Waals surface area contributed by atoms with Crippen LogP contribution < -0.4 is 16.0 Å². The van der Waals surface area contributed by atoms with Gasteiger partial charge >= 0.3 is 0 Å². The molecule has 1 atom stereocenters. The summed E-state index contributed by atoms with van der Waals surface area (Å²) in [5.74, 6) is 2.21. The van der Waals surface area contributed by atoms with Gasteiger partial charge in [0.15, 0.2) is 0 Å². The molecule has 1 saturated heterocycles. The first-order valence-corrected chi connectivity index (χ1v) is 7.23. The van der Waals surface area contributed by atoms with Gasteiger partial charge in [0.25, 0.3) is 0 Å². The van der Waals surface area contributed by atoms with Gasteiger partial charge in [-0.3, -0.25) is 4.79 Å². The van der Waals surface area contributed by atoms with Crippen molar-refractivity contribution in [3.8, 4) is 0 Å². The summed E-state index contributed by atoms with van der Waals surface area (Å²) in [5, 5.41) is 9.61. The van der Waals surface area contributed by atoms with Crippen LogP contribution in [0.4, 0.5) is 11.6 Å². The third-order valence-corrected chi connectivity index (χ3v) is 3.41.